The smallest absolute Gasteiger partial charge is 0.130 e. The first kappa shape index (κ1) is 9.31. The second-order valence-corrected chi connectivity index (χ2v) is 3.93. The Labute approximate surface area is 84.9 Å². The first-order valence-electron chi connectivity index (χ1n) is 5.27. The topological polar surface area (TPSA) is 42.1 Å². The summed E-state index contributed by atoms with van der Waals surface area (Å²) in [7, 11) is 0. The average Bonchev–Trinajstić information content (AvgIpc) is 2.66. The Hall–Kier alpha value is -1.25. The van der Waals surface area contributed by atoms with E-state index in [2.05, 4.69) is 16.8 Å². The molecule has 76 valence electrons. The van der Waals surface area contributed by atoms with Crippen LogP contribution in [0.2, 0.25) is 0 Å². The van der Waals surface area contributed by atoms with Crippen LogP contribution >= 0.6 is 0 Å². The second kappa shape index (κ2) is 3.86. The summed E-state index contributed by atoms with van der Waals surface area (Å²) in [5.41, 5.74) is 5.66. The van der Waals surface area contributed by atoms with Gasteiger partial charge in [0.05, 0.1) is 0 Å². The van der Waals surface area contributed by atoms with E-state index in [-0.39, 0.29) is 0 Å². The lowest BCUT2D eigenvalue weighted by Gasteiger charge is -2.17. The molecule has 1 saturated heterocycles. The number of rotatable bonds is 2. The minimum atomic E-state index is 0.613. The van der Waals surface area contributed by atoms with Gasteiger partial charge in [-0.25, -0.2) is 4.98 Å². The molecule has 2 N–H and O–H groups in total. The van der Waals surface area contributed by atoms with Gasteiger partial charge >= 0.3 is 0 Å². The van der Waals surface area contributed by atoms with Crippen LogP contribution in [-0.4, -0.2) is 18.1 Å². The molecule has 0 bridgehead atoms. The summed E-state index contributed by atoms with van der Waals surface area (Å²) < 4.78 is 0. The number of nitrogens with zero attached hydrogens (tertiary/aromatic N) is 2. The van der Waals surface area contributed by atoms with Gasteiger partial charge in [0.2, 0.25) is 0 Å². The Morgan fingerprint density at radius 2 is 2.43 bits per heavy atom. The fourth-order valence-electron chi connectivity index (χ4n) is 1.99. The van der Waals surface area contributed by atoms with Crippen LogP contribution in [0.25, 0.3) is 0 Å². The minimum absolute atomic E-state index is 0.613. The summed E-state index contributed by atoms with van der Waals surface area (Å²) in [6.07, 6.45) is 2.55. The van der Waals surface area contributed by atoms with Gasteiger partial charge in [0.15, 0.2) is 0 Å². The standard InChI is InChI=1S/C11H17N3/c1-2-9-6-7-14(8-9)11-5-3-4-10(12)13-11/h3-5,9H,2,6-8H2,1H3,(H2,12,13). The molecule has 1 atom stereocenters. The van der Waals surface area contributed by atoms with E-state index in [0.29, 0.717) is 5.82 Å². The van der Waals surface area contributed by atoms with Crippen molar-refractivity contribution in [3.63, 3.8) is 0 Å². The monoisotopic (exact) mass is 191 g/mol. The summed E-state index contributed by atoms with van der Waals surface area (Å²) in [6, 6.07) is 5.84. The molecule has 3 heteroatoms. The molecule has 3 nitrogen and oxygen atoms in total. The summed E-state index contributed by atoms with van der Waals surface area (Å²) in [5.74, 6) is 2.47. The maximum absolute atomic E-state index is 5.66. The minimum Gasteiger partial charge on any atom is -0.384 e. The summed E-state index contributed by atoms with van der Waals surface area (Å²) in [6.45, 7) is 4.50. The quantitative estimate of drug-likeness (QED) is 0.776. The lowest BCUT2D eigenvalue weighted by atomic mass is 10.1. The van der Waals surface area contributed by atoms with Gasteiger partial charge in [0.25, 0.3) is 0 Å². The fourth-order valence-corrected chi connectivity index (χ4v) is 1.99. The Balaban J connectivity index is 2.09. The third-order valence-corrected chi connectivity index (χ3v) is 2.94. The van der Waals surface area contributed by atoms with E-state index in [1.807, 2.05) is 18.2 Å². The second-order valence-electron chi connectivity index (χ2n) is 3.93. The van der Waals surface area contributed by atoms with E-state index in [1.165, 1.54) is 12.8 Å². The van der Waals surface area contributed by atoms with Crippen LogP contribution in [0.4, 0.5) is 11.6 Å². The average molecular weight is 191 g/mol. The summed E-state index contributed by atoms with van der Waals surface area (Å²) >= 11 is 0. The van der Waals surface area contributed by atoms with Crippen molar-refractivity contribution >= 4 is 11.6 Å². The largest absolute Gasteiger partial charge is 0.384 e. The van der Waals surface area contributed by atoms with E-state index in [4.69, 9.17) is 5.73 Å². The molecule has 0 aliphatic carbocycles. The van der Waals surface area contributed by atoms with Crippen molar-refractivity contribution in [3.05, 3.63) is 18.2 Å². The van der Waals surface area contributed by atoms with Crippen LogP contribution in [0, 0.1) is 5.92 Å². The van der Waals surface area contributed by atoms with Crippen LogP contribution in [0.15, 0.2) is 18.2 Å². The maximum atomic E-state index is 5.66. The predicted molar refractivity (Wildman–Crippen MR) is 59.3 cm³/mol. The molecule has 2 rings (SSSR count). The van der Waals surface area contributed by atoms with Gasteiger partial charge in [-0.15, -0.1) is 0 Å². The van der Waals surface area contributed by atoms with Gasteiger partial charge < -0.3 is 10.6 Å². The summed E-state index contributed by atoms with van der Waals surface area (Å²) in [4.78, 5) is 6.65. The number of nitrogen functional groups attached to an aromatic ring is 1. The normalized spacial score (nSPS) is 21.5. The molecule has 0 amide bonds. The van der Waals surface area contributed by atoms with E-state index in [1.54, 1.807) is 0 Å². The molecular formula is C11H17N3. The SMILES string of the molecule is CCC1CCN(c2cccc(N)n2)C1. The highest BCUT2D eigenvalue weighted by atomic mass is 15.2. The van der Waals surface area contributed by atoms with Crippen molar-refractivity contribution < 1.29 is 0 Å². The van der Waals surface area contributed by atoms with E-state index in [0.717, 1.165) is 24.8 Å². The zero-order valence-corrected chi connectivity index (χ0v) is 8.61. The molecule has 1 aliphatic rings. The van der Waals surface area contributed by atoms with Gasteiger partial charge in [-0.2, -0.15) is 0 Å². The zero-order valence-electron chi connectivity index (χ0n) is 8.61. The molecule has 0 spiro atoms. The van der Waals surface area contributed by atoms with Crippen LogP contribution in [0.1, 0.15) is 19.8 Å². The van der Waals surface area contributed by atoms with Gasteiger partial charge in [0.1, 0.15) is 11.6 Å². The van der Waals surface area contributed by atoms with Gasteiger partial charge in [-0.05, 0) is 24.5 Å². The number of hydrogen-bond acceptors (Lipinski definition) is 3. The van der Waals surface area contributed by atoms with Crippen molar-refractivity contribution in [2.24, 2.45) is 5.92 Å². The Morgan fingerprint density at radius 1 is 1.57 bits per heavy atom. The lowest BCUT2D eigenvalue weighted by molar-refractivity contribution is 0.569. The van der Waals surface area contributed by atoms with Gasteiger partial charge in [0, 0.05) is 13.1 Å². The summed E-state index contributed by atoms with van der Waals surface area (Å²) in [5, 5.41) is 0. The third kappa shape index (κ3) is 1.81. The zero-order chi connectivity index (χ0) is 9.97. The van der Waals surface area contributed by atoms with E-state index in [9.17, 15) is 0 Å². The molecule has 0 aromatic carbocycles. The Bertz CT molecular complexity index is 311. The molecule has 1 unspecified atom stereocenters. The van der Waals surface area contributed by atoms with Crippen molar-refractivity contribution in [1.82, 2.24) is 4.98 Å². The van der Waals surface area contributed by atoms with Gasteiger partial charge in [-0.1, -0.05) is 19.4 Å². The van der Waals surface area contributed by atoms with Crippen LogP contribution in [0.3, 0.4) is 0 Å². The number of anilines is 2. The molecule has 14 heavy (non-hydrogen) atoms. The van der Waals surface area contributed by atoms with Crippen molar-refractivity contribution in [2.75, 3.05) is 23.7 Å². The molecule has 1 fully saturated rings. The highest BCUT2D eigenvalue weighted by molar-refractivity contribution is 5.45. The number of nitrogens with two attached hydrogens (primary N) is 1. The Kier molecular flexibility index (Phi) is 2.57. The molecular weight excluding hydrogens is 174 g/mol. The number of pyridine rings is 1. The highest BCUT2D eigenvalue weighted by Crippen LogP contribution is 2.24. The number of hydrogen-bond donors (Lipinski definition) is 1. The highest BCUT2D eigenvalue weighted by Gasteiger charge is 2.21. The fraction of sp³-hybridized carbons (Fsp3) is 0.545. The van der Waals surface area contributed by atoms with E-state index >= 15 is 0 Å². The van der Waals surface area contributed by atoms with Crippen LogP contribution < -0.4 is 10.6 Å². The van der Waals surface area contributed by atoms with Crippen LogP contribution in [-0.2, 0) is 0 Å². The predicted octanol–water partition coefficient (Wildman–Crippen LogP) is 1.90. The maximum Gasteiger partial charge on any atom is 0.130 e. The molecule has 0 radical (unpaired) electrons. The Morgan fingerprint density at radius 3 is 3.07 bits per heavy atom. The molecule has 2 heterocycles. The van der Waals surface area contributed by atoms with Crippen molar-refractivity contribution in [3.8, 4) is 0 Å². The molecule has 0 saturated carbocycles. The first-order valence-corrected chi connectivity index (χ1v) is 5.27. The molecule has 1 aliphatic heterocycles. The number of aromatic nitrogens is 1. The molecule has 1 aromatic heterocycles. The van der Waals surface area contributed by atoms with Crippen molar-refractivity contribution in [2.45, 2.75) is 19.8 Å². The lowest BCUT2D eigenvalue weighted by Crippen LogP contribution is -2.20. The molecule has 1 aromatic rings. The van der Waals surface area contributed by atoms with E-state index < -0.39 is 0 Å². The third-order valence-electron chi connectivity index (χ3n) is 2.94. The van der Waals surface area contributed by atoms with Crippen molar-refractivity contribution in [1.29, 1.82) is 0 Å². The van der Waals surface area contributed by atoms with Gasteiger partial charge in [-0.3, -0.25) is 0 Å². The van der Waals surface area contributed by atoms with Crippen LogP contribution in [0.5, 0.6) is 0 Å². The first-order chi connectivity index (χ1) is 6.79.